The molecule has 2 heterocycles. The van der Waals surface area contributed by atoms with E-state index >= 15 is 0 Å². The zero-order valence-corrected chi connectivity index (χ0v) is 20.1. The Morgan fingerprint density at radius 3 is 2.80 bits per heavy atom. The highest BCUT2D eigenvalue weighted by Crippen LogP contribution is 2.30. The summed E-state index contributed by atoms with van der Waals surface area (Å²) in [4.78, 5) is 24.2. The highest BCUT2D eigenvalue weighted by molar-refractivity contribution is 6.00. The second-order valence-corrected chi connectivity index (χ2v) is 9.17. The van der Waals surface area contributed by atoms with Gasteiger partial charge < -0.3 is 25.4 Å². The number of nitrogens with zero attached hydrogens (tertiary/aromatic N) is 1. The number of amides is 1. The number of unbranched alkanes of at least 4 members (excludes halogenated alkanes) is 1. The second-order valence-electron chi connectivity index (χ2n) is 9.17. The fraction of sp³-hybridized carbons (Fsp3) is 0.500. The van der Waals surface area contributed by atoms with Crippen molar-refractivity contribution < 1.29 is 19.2 Å². The third-order valence-corrected chi connectivity index (χ3v) is 6.61. The van der Waals surface area contributed by atoms with E-state index in [9.17, 15) is 14.9 Å². The molecule has 188 valence electrons. The number of nitro groups is 1. The SMILES string of the molecule is CCCCC(CNC(=O)c1cc([N+](=O)[O-])ccc1NC1CCNCC1)C1OCc2ccccc2O1. The molecule has 1 fully saturated rings. The van der Waals surface area contributed by atoms with Crippen LogP contribution in [0.25, 0.3) is 0 Å². The van der Waals surface area contributed by atoms with E-state index in [4.69, 9.17) is 9.47 Å². The molecule has 2 atom stereocenters. The summed E-state index contributed by atoms with van der Waals surface area (Å²) in [6.45, 7) is 4.73. The molecule has 0 saturated carbocycles. The van der Waals surface area contributed by atoms with Crippen molar-refractivity contribution in [2.75, 3.05) is 25.0 Å². The molecule has 35 heavy (non-hydrogen) atoms. The van der Waals surface area contributed by atoms with Gasteiger partial charge in [-0.05, 0) is 44.5 Å². The fourth-order valence-corrected chi connectivity index (χ4v) is 4.57. The van der Waals surface area contributed by atoms with Gasteiger partial charge in [-0.15, -0.1) is 0 Å². The number of non-ortho nitro benzene ring substituents is 1. The van der Waals surface area contributed by atoms with Crippen LogP contribution in [0.5, 0.6) is 5.75 Å². The molecule has 0 bridgehead atoms. The quantitative estimate of drug-likeness (QED) is 0.343. The molecular formula is C26H34N4O5. The number of carbonyl (C=O) groups is 1. The Labute approximate surface area is 205 Å². The first-order valence-corrected chi connectivity index (χ1v) is 12.4. The van der Waals surface area contributed by atoms with E-state index in [1.165, 1.54) is 12.1 Å². The van der Waals surface area contributed by atoms with Crippen LogP contribution in [-0.4, -0.2) is 42.8 Å². The number of ether oxygens (including phenoxy) is 2. The van der Waals surface area contributed by atoms with E-state index in [1.54, 1.807) is 6.07 Å². The Morgan fingerprint density at radius 2 is 2.03 bits per heavy atom. The Balaban J connectivity index is 1.47. The Bertz CT molecular complexity index is 1020. The first-order chi connectivity index (χ1) is 17.0. The summed E-state index contributed by atoms with van der Waals surface area (Å²) in [5.74, 6) is 0.415. The number of hydrogen-bond donors (Lipinski definition) is 3. The summed E-state index contributed by atoms with van der Waals surface area (Å²) in [5, 5.41) is 21.1. The van der Waals surface area contributed by atoms with E-state index in [1.807, 2.05) is 24.3 Å². The lowest BCUT2D eigenvalue weighted by molar-refractivity contribution is -0.384. The van der Waals surface area contributed by atoms with Gasteiger partial charge in [0, 0.05) is 41.9 Å². The van der Waals surface area contributed by atoms with Crippen LogP contribution in [0.4, 0.5) is 11.4 Å². The molecular weight excluding hydrogens is 448 g/mol. The molecule has 2 aliphatic rings. The topological polar surface area (TPSA) is 115 Å². The van der Waals surface area contributed by atoms with Gasteiger partial charge in [0.2, 0.25) is 6.29 Å². The van der Waals surface area contributed by atoms with Crippen LogP contribution in [0.3, 0.4) is 0 Å². The first kappa shape index (κ1) is 24.9. The van der Waals surface area contributed by atoms with Crippen molar-refractivity contribution in [3.05, 3.63) is 63.7 Å². The number of para-hydroxylation sites is 1. The third kappa shape index (κ3) is 6.49. The summed E-state index contributed by atoms with van der Waals surface area (Å²) >= 11 is 0. The summed E-state index contributed by atoms with van der Waals surface area (Å²) in [6.07, 6.45) is 4.21. The second kappa shape index (κ2) is 12.0. The predicted octanol–water partition coefficient (Wildman–Crippen LogP) is 4.23. The van der Waals surface area contributed by atoms with Crippen molar-refractivity contribution in [2.45, 2.75) is 58.0 Å². The van der Waals surface area contributed by atoms with Gasteiger partial charge in [0.05, 0.1) is 17.1 Å². The number of nitrogens with one attached hydrogen (secondary N) is 3. The minimum absolute atomic E-state index is 0.0493. The minimum atomic E-state index is -0.476. The number of hydrogen-bond acceptors (Lipinski definition) is 7. The fourth-order valence-electron chi connectivity index (χ4n) is 4.57. The van der Waals surface area contributed by atoms with Crippen molar-refractivity contribution in [3.63, 3.8) is 0 Å². The van der Waals surface area contributed by atoms with Crippen molar-refractivity contribution in [2.24, 2.45) is 5.92 Å². The summed E-state index contributed by atoms with van der Waals surface area (Å²) in [7, 11) is 0. The van der Waals surface area contributed by atoms with Crippen LogP contribution in [0.2, 0.25) is 0 Å². The van der Waals surface area contributed by atoms with Crippen molar-refractivity contribution >= 4 is 17.3 Å². The molecule has 0 radical (unpaired) electrons. The molecule has 2 aliphatic heterocycles. The van der Waals surface area contributed by atoms with E-state index in [0.717, 1.165) is 56.5 Å². The summed E-state index contributed by atoms with van der Waals surface area (Å²) in [5.41, 5.74) is 1.79. The molecule has 0 aliphatic carbocycles. The maximum absolute atomic E-state index is 13.3. The molecule has 0 aromatic heterocycles. The largest absolute Gasteiger partial charge is 0.464 e. The molecule has 1 amide bonds. The van der Waals surface area contributed by atoms with Gasteiger partial charge in [-0.25, -0.2) is 0 Å². The molecule has 4 rings (SSSR count). The van der Waals surface area contributed by atoms with Gasteiger partial charge in [0.25, 0.3) is 11.6 Å². The average molecular weight is 483 g/mol. The van der Waals surface area contributed by atoms with Crippen LogP contribution < -0.4 is 20.7 Å². The predicted molar refractivity (Wildman–Crippen MR) is 134 cm³/mol. The first-order valence-electron chi connectivity index (χ1n) is 12.4. The number of benzene rings is 2. The van der Waals surface area contributed by atoms with Gasteiger partial charge in [-0.2, -0.15) is 0 Å². The van der Waals surface area contributed by atoms with Crippen molar-refractivity contribution in [1.82, 2.24) is 10.6 Å². The maximum atomic E-state index is 13.3. The van der Waals surface area contributed by atoms with Gasteiger partial charge in [-0.1, -0.05) is 38.0 Å². The number of rotatable bonds is 10. The third-order valence-electron chi connectivity index (χ3n) is 6.61. The molecule has 2 aromatic rings. The monoisotopic (exact) mass is 482 g/mol. The molecule has 9 heteroatoms. The lowest BCUT2D eigenvalue weighted by atomic mass is 10.00. The number of nitro benzene ring substituents is 1. The number of piperidine rings is 1. The minimum Gasteiger partial charge on any atom is -0.464 e. The highest BCUT2D eigenvalue weighted by Gasteiger charge is 2.29. The molecule has 1 saturated heterocycles. The normalized spacial score (nSPS) is 18.7. The van der Waals surface area contributed by atoms with E-state index < -0.39 is 11.2 Å². The summed E-state index contributed by atoms with van der Waals surface area (Å²) in [6, 6.07) is 12.4. The van der Waals surface area contributed by atoms with Gasteiger partial charge in [-0.3, -0.25) is 14.9 Å². The van der Waals surface area contributed by atoms with Crippen LogP contribution >= 0.6 is 0 Å². The maximum Gasteiger partial charge on any atom is 0.270 e. The van der Waals surface area contributed by atoms with Crippen molar-refractivity contribution in [3.8, 4) is 5.75 Å². The highest BCUT2D eigenvalue weighted by atomic mass is 16.7. The standard InChI is InChI=1S/C26H34N4O5/c1-2-3-6-18(26-34-17-19-7-4-5-8-24(19)35-26)16-28-25(31)22-15-21(30(32)33)9-10-23(22)29-20-11-13-27-14-12-20/h4-5,7-10,15,18,20,26-27,29H,2-3,6,11-14,16-17H2,1H3,(H,28,31). The van der Waals surface area contributed by atoms with Crippen molar-refractivity contribution in [1.29, 1.82) is 0 Å². The van der Waals surface area contributed by atoms with E-state index in [-0.39, 0.29) is 29.1 Å². The van der Waals surface area contributed by atoms with Crippen LogP contribution in [0.15, 0.2) is 42.5 Å². The molecule has 2 unspecified atom stereocenters. The van der Waals surface area contributed by atoms with Crippen LogP contribution in [0, 0.1) is 16.0 Å². The van der Waals surface area contributed by atoms with Crippen LogP contribution in [0.1, 0.15) is 54.9 Å². The lowest BCUT2D eigenvalue weighted by Crippen LogP contribution is -2.41. The molecule has 2 aromatic carbocycles. The molecule has 9 nitrogen and oxygen atoms in total. The Kier molecular flexibility index (Phi) is 8.54. The summed E-state index contributed by atoms with van der Waals surface area (Å²) < 4.78 is 12.1. The Hall–Kier alpha value is -3.17. The van der Waals surface area contributed by atoms with E-state index in [2.05, 4.69) is 22.9 Å². The van der Waals surface area contributed by atoms with Crippen LogP contribution in [-0.2, 0) is 11.3 Å². The molecule has 0 spiro atoms. The smallest absolute Gasteiger partial charge is 0.270 e. The molecule has 3 N–H and O–H groups in total. The number of carbonyl (C=O) groups excluding carboxylic acids is 1. The number of fused-ring (bicyclic) bond motifs is 1. The zero-order chi connectivity index (χ0) is 24.6. The van der Waals surface area contributed by atoms with E-state index in [0.29, 0.717) is 18.8 Å². The average Bonchev–Trinajstić information content (AvgIpc) is 2.89. The number of anilines is 1. The lowest BCUT2D eigenvalue weighted by Gasteiger charge is -2.32. The van der Waals surface area contributed by atoms with Gasteiger partial charge in [0.1, 0.15) is 5.75 Å². The van der Waals surface area contributed by atoms with Gasteiger partial charge in [0.15, 0.2) is 0 Å². The zero-order valence-electron chi connectivity index (χ0n) is 20.1. The van der Waals surface area contributed by atoms with Gasteiger partial charge >= 0.3 is 0 Å². The Morgan fingerprint density at radius 1 is 1.23 bits per heavy atom.